The summed E-state index contributed by atoms with van der Waals surface area (Å²) in [5, 5.41) is 0. The number of carbonyl (C=O) groups is 2. The second kappa shape index (κ2) is 6.30. The molecular formula is C12H16O2. The van der Waals surface area contributed by atoms with Crippen LogP contribution in [0.2, 0.25) is 0 Å². The third kappa shape index (κ3) is 4.17. The molecule has 0 fully saturated rings. The SMILES string of the molecule is O=C1C=CCCCCCCC=CC1=O. The zero-order valence-electron chi connectivity index (χ0n) is 8.37. The van der Waals surface area contributed by atoms with Crippen LogP contribution >= 0.6 is 0 Å². The summed E-state index contributed by atoms with van der Waals surface area (Å²) in [5.41, 5.74) is 0. The Morgan fingerprint density at radius 1 is 0.714 bits per heavy atom. The van der Waals surface area contributed by atoms with Crippen LogP contribution in [0.3, 0.4) is 0 Å². The topological polar surface area (TPSA) is 34.1 Å². The second-order valence-electron chi connectivity index (χ2n) is 3.52. The van der Waals surface area contributed by atoms with Gasteiger partial charge >= 0.3 is 0 Å². The molecule has 0 aromatic rings. The number of allylic oxidation sites excluding steroid dienone is 4. The molecule has 0 saturated carbocycles. The van der Waals surface area contributed by atoms with E-state index in [1.807, 2.05) is 0 Å². The van der Waals surface area contributed by atoms with Crippen molar-refractivity contribution in [2.24, 2.45) is 0 Å². The van der Waals surface area contributed by atoms with Crippen LogP contribution < -0.4 is 0 Å². The Morgan fingerprint density at radius 3 is 1.57 bits per heavy atom. The lowest BCUT2D eigenvalue weighted by atomic mass is 10.1. The molecule has 0 bridgehead atoms. The second-order valence-corrected chi connectivity index (χ2v) is 3.52. The zero-order valence-corrected chi connectivity index (χ0v) is 8.37. The molecule has 0 unspecified atom stereocenters. The van der Waals surface area contributed by atoms with Crippen molar-refractivity contribution in [3.05, 3.63) is 24.3 Å². The highest BCUT2D eigenvalue weighted by molar-refractivity contribution is 6.45. The summed E-state index contributed by atoms with van der Waals surface area (Å²) in [7, 11) is 0. The monoisotopic (exact) mass is 192 g/mol. The van der Waals surface area contributed by atoms with E-state index in [4.69, 9.17) is 0 Å². The fourth-order valence-corrected chi connectivity index (χ4v) is 1.42. The summed E-state index contributed by atoms with van der Waals surface area (Å²) in [4.78, 5) is 22.3. The van der Waals surface area contributed by atoms with Crippen molar-refractivity contribution >= 4 is 11.6 Å². The molecule has 0 amide bonds. The summed E-state index contributed by atoms with van der Waals surface area (Å²) >= 11 is 0. The Balaban J connectivity index is 2.54. The van der Waals surface area contributed by atoms with E-state index in [1.54, 1.807) is 12.2 Å². The maximum atomic E-state index is 11.1. The molecule has 0 atom stereocenters. The Morgan fingerprint density at radius 2 is 1.14 bits per heavy atom. The van der Waals surface area contributed by atoms with Crippen LogP contribution in [0.1, 0.15) is 38.5 Å². The molecule has 1 rings (SSSR count). The van der Waals surface area contributed by atoms with Gasteiger partial charge in [-0.25, -0.2) is 0 Å². The van der Waals surface area contributed by atoms with Crippen molar-refractivity contribution in [3.63, 3.8) is 0 Å². The highest BCUT2D eigenvalue weighted by Crippen LogP contribution is 2.07. The maximum Gasteiger partial charge on any atom is 0.225 e. The molecular weight excluding hydrogens is 176 g/mol. The molecule has 0 aliphatic heterocycles. The highest BCUT2D eigenvalue weighted by Gasteiger charge is 2.05. The summed E-state index contributed by atoms with van der Waals surface area (Å²) in [6, 6.07) is 0. The largest absolute Gasteiger partial charge is 0.286 e. The van der Waals surface area contributed by atoms with E-state index in [0.717, 1.165) is 25.7 Å². The van der Waals surface area contributed by atoms with E-state index in [-0.39, 0.29) is 0 Å². The lowest BCUT2D eigenvalue weighted by molar-refractivity contribution is -0.130. The van der Waals surface area contributed by atoms with Crippen LogP contribution in [-0.2, 0) is 9.59 Å². The fraction of sp³-hybridized carbons (Fsp3) is 0.500. The maximum absolute atomic E-state index is 11.1. The Bertz CT molecular complexity index is 233. The molecule has 2 heteroatoms. The van der Waals surface area contributed by atoms with Crippen LogP contribution in [0.15, 0.2) is 24.3 Å². The van der Waals surface area contributed by atoms with E-state index in [1.165, 1.54) is 25.0 Å². The van der Waals surface area contributed by atoms with E-state index in [0.29, 0.717) is 0 Å². The Hall–Kier alpha value is -1.18. The molecule has 0 radical (unpaired) electrons. The van der Waals surface area contributed by atoms with Gasteiger partial charge in [-0.05, 0) is 37.8 Å². The zero-order chi connectivity index (χ0) is 10.2. The van der Waals surface area contributed by atoms with Crippen molar-refractivity contribution in [1.82, 2.24) is 0 Å². The average molecular weight is 192 g/mol. The first-order valence-electron chi connectivity index (χ1n) is 5.22. The molecule has 0 saturated heterocycles. The standard InChI is InChI=1S/C12H16O2/c13-11-9-7-5-3-1-2-4-6-8-10-12(11)14/h7-10H,1-6H2. The number of hydrogen-bond acceptors (Lipinski definition) is 2. The van der Waals surface area contributed by atoms with Gasteiger partial charge in [0.05, 0.1) is 0 Å². The van der Waals surface area contributed by atoms with Crippen molar-refractivity contribution in [2.45, 2.75) is 38.5 Å². The molecule has 0 heterocycles. The van der Waals surface area contributed by atoms with Crippen LogP contribution in [0, 0.1) is 0 Å². The predicted molar refractivity (Wildman–Crippen MR) is 56.0 cm³/mol. The van der Waals surface area contributed by atoms with E-state index >= 15 is 0 Å². The van der Waals surface area contributed by atoms with Crippen molar-refractivity contribution < 1.29 is 9.59 Å². The lowest BCUT2D eigenvalue weighted by Crippen LogP contribution is -2.07. The van der Waals surface area contributed by atoms with Crippen molar-refractivity contribution in [3.8, 4) is 0 Å². The van der Waals surface area contributed by atoms with E-state index in [9.17, 15) is 9.59 Å². The predicted octanol–water partition coefficient (Wildman–Crippen LogP) is 2.59. The molecule has 1 aliphatic rings. The quantitative estimate of drug-likeness (QED) is 0.553. The normalized spacial score (nSPS) is 20.3. The summed E-state index contributed by atoms with van der Waals surface area (Å²) in [6.07, 6.45) is 12.9. The van der Waals surface area contributed by atoms with Gasteiger partial charge in [0.1, 0.15) is 0 Å². The van der Waals surface area contributed by atoms with E-state index in [2.05, 4.69) is 0 Å². The number of ketones is 2. The molecule has 1 aliphatic carbocycles. The molecule has 0 aromatic carbocycles. The van der Waals surface area contributed by atoms with Crippen LogP contribution in [-0.4, -0.2) is 11.6 Å². The van der Waals surface area contributed by atoms with Crippen LogP contribution in [0.5, 0.6) is 0 Å². The van der Waals surface area contributed by atoms with Gasteiger partial charge in [-0.2, -0.15) is 0 Å². The third-order valence-electron chi connectivity index (χ3n) is 2.27. The minimum atomic E-state index is -0.401. The summed E-state index contributed by atoms with van der Waals surface area (Å²) in [5.74, 6) is -0.802. The first kappa shape index (κ1) is 10.9. The van der Waals surface area contributed by atoms with Gasteiger partial charge in [0, 0.05) is 0 Å². The molecule has 0 aromatic heterocycles. The Labute approximate surface area is 84.7 Å². The minimum absolute atomic E-state index is 0.401. The number of hydrogen-bond donors (Lipinski definition) is 0. The van der Waals surface area contributed by atoms with Gasteiger partial charge in [0.25, 0.3) is 0 Å². The summed E-state index contributed by atoms with van der Waals surface area (Å²) in [6.45, 7) is 0. The van der Waals surface area contributed by atoms with Crippen LogP contribution in [0.25, 0.3) is 0 Å². The first-order chi connectivity index (χ1) is 6.80. The van der Waals surface area contributed by atoms with Gasteiger partial charge in [0.15, 0.2) is 0 Å². The van der Waals surface area contributed by atoms with Crippen LogP contribution in [0.4, 0.5) is 0 Å². The smallest absolute Gasteiger partial charge is 0.225 e. The minimum Gasteiger partial charge on any atom is -0.286 e. The number of carbonyl (C=O) groups excluding carboxylic acids is 2. The molecule has 14 heavy (non-hydrogen) atoms. The fourth-order valence-electron chi connectivity index (χ4n) is 1.42. The number of rotatable bonds is 0. The lowest BCUT2D eigenvalue weighted by Gasteiger charge is -1.98. The molecule has 0 N–H and O–H groups in total. The third-order valence-corrected chi connectivity index (χ3v) is 2.27. The van der Waals surface area contributed by atoms with E-state index < -0.39 is 11.6 Å². The first-order valence-corrected chi connectivity index (χ1v) is 5.22. The summed E-state index contributed by atoms with van der Waals surface area (Å²) < 4.78 is 0. The van der Waals surface area contributed by atoms with Gasteiger partial charge in [-0.3, -0.25) is 9.59 Å². The van der Waals surface area contributed by atoms with Gasteiger partial charge < -0.3 is 0 Å². The Kier molecular flexibility index (Phi) is 4.90. The van der Waals surface area contributed by atoms with Gasteiger partial charge in [-0.15, -0.1) is 0 Å². The highest BCUT2D eigenvalue weighted by atomic mass is 16.2. The molecule has 76 valence electrons. The van der Waals surface area contributed by atoms with Crippen molar-refractivity contribution in [2.75, 3.05) is 0 Å². The molecule has 0 spiro atoms. The average Bonchev–Trinajstić information content (AvgIpc) is 2.18. The van der Waals surface area contributed by atoms with Gasteiger partial charge in [0.2, 0.25) is 11.6 Å². The van der Waals surface area contributed by atoms with Crippen molar-refractivity contribution in [1.29, 1.82) is 0 Å². The van der Waals surface area contributed by atoms with Gasteiger partial charge in [-0.1, -0.05) is 25.0 Å². The molecule has 2 nitrogen and oxygen atoms in total.